The summed E-state index contributed by atoms with van der Waals surface area (Å²) in [6, 6.07) is 17.3. The lowest BCUT2D eigenvalue weighted by atomic mass is 9.82. The molecule has 3 aromatic carbocycles. The van der Waals surface area contributed by atoms with Crippen LogP contribution in [0.4, 0.5) is 0 Å². The highest BCUT2D eigenvalue weighted by molar-refractivity contribution is 7.79. The van der Waals surface area contributed by atoms with Gasteiger partial charge in [0.1, 0.15) is 0 Å². The van der Waals surface area contributed by atoms with Gasteiger partial charge >= 0.3 is 0 Å². The molecule has 0 spiro atoms. The van der Waals surface area contributed by atoms with Crippen molar-refractivity contribution in [3.63, 3.8) is 0 Å². The summed E-state index contributed by atoms with van der Waals surface area (Å²) in [6.07, 6.45) is 2.83. The van der Waals surface area contributed by atoms with Crippen molar-refractivity contribution in [2.75, 3.05) is 5.75 Å². The van der Waals surface area contributed by atoms with Crippen LogP contribution in [0, 0.1) is 5.92 Å². The van der Waals surface area contributed by atoms with Crippen LogP contribution in [-0.2, 0) is 23.9 Å². The third-order valence-electron chi connectivity index (χ3n) is 4.82. The van der Waals surface area contributed by atoms with Gasteiger partial charge in [-0.05, 0) is 57.9 Å². The maximum atomic E-state index is 10.9. The van der Waals surface area contributed by atoms with Crippen LogP contribution in [0.25, 0.3) is 21.5 Å². The van der Waals surface area contributed by atoms with Gasteiger partial charge in [-0.15, -0.1) is 0 Å². The van der Waals surface area contributed by atoms with E-state index in [4.69, 9.17) is 0 Å². The van der Waals surface area contributed by atoms with Crippen LogP contribution in [0.2, 0.25) is 0 Å². The Hall–Kier alpha value is -1.71. The SMILES string of the molecule is O=S([O-])CC1CCc2c(ccc3c2ccc2ccccc23)C1. The van der Waals surface area contributed by atoms with Gasteiger partial charge in [-0.3, -0.25) is 4.21 Å². The number of hydrogen-bond donors (Lipinski definition) is 0. The molecule has 112 valence electrons. The molecule has 1 aliphatic carbocycles. The van der Waals surface area contributed by atoms with Gasteiger partial charge in [0.05, 0.1) is 0 Å². The highest BCUT2D eigenvalue weighted by Gasteiger charge is 2.20. The van der Waals surface area contributed by atoms with Crippen molar-refractivity contribution in [1.82, 2.24) is 0 Å². The average molecular weight is 309 g/mol. The lowest BCUT2D eigenvalue weighted by Crippen LogP contribution is -2.20. The van der Waals surface area contributed by atoms with E-state index in [1.165, 1.54) is 32.7 Å². The first kappa shape index (κ1) is 13.9. The number of benzene rings is 3. The quantitative estimate of drug-likeness (QED) is 0.531. The van der Waals surface area contributed by atoms with Gasteiger partial charge in [0.15, 0.2) is 0 Å². The van der Waals surface area contributed by atoms with Crippen molar-refractivity contribution in [2.24, 2.45) is 5.92 Å². The van der Waals surface area contributed by atoms with E-state index in [1.807, 2.05) is 0 Å². The molecule has 1 aliphatic rings. The van der Waals surface area contributed by atoms with E-state index in [-0.39, 0.29) is 11.7 Å². The monoisotopic (exact) mass is 309 g/mol. The van der Waals surface area contributed by atoms with E-state index in [2.05, 4.69) is 48.5 Å². The van der Waals surface area contributed by atoms with Crippen molar-refractivity contribution >= 4 is 32.6 Å². The molecule has 2 atom stereocenters. The minimum Gasteiger partial charge on any atom is -0.772 e. The number of aryl methyl sites for hydroxylation is 1. The molecule has 0 N–H and O–H groups in total. The summed E-state index contributed by atoms with van der Waals surface area (Å²) in [5.74, 6) is 0.554. The molecule has 2 unspecified atom stereocenters. The van der Waals surface area contributed by atoms with E-state index >= 15 is 0 Å². The van der Waals surface area contributed by atoms with Crippen LogP contribution < -0.4 is 0 Å². The zero-order valence-corrected chi connectivity index (χ0v) is 13.1. The molecule has 0 amide bonds. The number of rotatable bonds is 2. The van der Waals surface area contributed by atoms with Crippen LogP contribution >= 0.6 is 0 Å². The lowest BCUT2D eigenvalue weighted by Gasteiger charge is -2.26. The van der Waals surface area contributed by atoms with Gasteiger partial charge < -0.3 is 4.55 Å². The van der Waals surface area contributed by atoms with Crippen LogP contribution in [0.5, 0.6) is 0 Å². The minimum absolute atomic E-state index is 0.267. The first-order valence-electron chi connectivity index (χ1n) is 7.70. The molecule has 0 heterocycles. The van der Waals surface area contributed by atoms with E-state index in [0.717, 1.165) is 19.3 Å². The molecule has 0 aromatic heterocycles. The second-order valence-electron chi connectivity index (χ2n) is 6.16. The highest BCUT2D eigenvalue weighted by atomic mass is 32.2. The van der Waals surface area contributed by atoms with Crippen LogP contribution in [0.1, 0.15) is 17.5 Å². The maximum absolute atomic E-state index is 10.9. The number of fused-ring (bicyclic) bond motifs is 5. The molecular weight excluding hydrogens is 292 g/mol. The summed E-state index contributed by atoms with van der Waals surface area (Å²) in [5.41, 5.74) is 2.74. The predicted molar refractivity (Wildman–Crippen MR) is 90.8 cm³/mol. The van der Waals surface area contributed by atoms with Crippen LogP contribution in [0.3, 0.4) is 0 Å². The standard InChI is InChI=1S/C19H18O2S/c20-22(21)12-13-5-8-17-15(11-13)7-10-18-16-4-2-1-3-14(16)6-9-19(17)18/h1-4,6-7,9-10,13H,5,8,11-12H2,(H,20,21)/p-1. The Morgan fingerprint density at radius 1 is 1.00 bits per heavy atom. The summed E-state index contributed by atoms with van der Waals surface area (Å²) in [7, 11) is 0. The van der Waals surface area contributed by atoms with Crippen molar-refractivity contribution in [1.29, 1.82) is 0 Å². The van der Waals surface area contributed by atoms with E-state index < -0.39 is 11.1 Å². The second-order valence-corrected chi connectivity index (χ2v) is 7.11. The molecule has 3 heteroatoms. The van der Waals surface area contributed by atoms with Crippen LogP contribution in [-0.4, -0.2) is 14.5 Å². The Labute approximate surface area is 132 Å². The summed E-state index contributed by atoms with van der Waals surface area (Å²) < 4.78 is 21.9. The van der Waals surface area contributed by atoms with E-state index in [9.17, 15) is 8.76 Å². The zero-order valence-electron chi connectivity index (χ0n) is 12.2. The zero-order chi connectivity index (χ0) is 15.1. The van der Waals surface area contributed by atoms with Gasteiger partial charge in [-0.1, -0.05) is 59.6 Å². The number of hydrogen-bond acceptors (Lipinski definition) is 2. The first-order valence-corrected chi connectivity index (χ1v) is 8.95. The van der Waals surface area contributed by atoms with Crippen molar-refractivity contribution < 1.29 is 8.76 Å². The summed E-state index contributed by atoms with van der Waals surface area (Å²) in [6.45, 7) is 0. The summed E-state index contributed by atoms with van der Waals surface area (Å²) in [4.78, 5) is 0. The smallest absolute Gasteiger partial charge is 0.0133 e. The Kier molecular flexibility index (Phi) is 3.47. The fourth-order valence-electron chi connectivity index (χ4n) is 3.78. The Morgan fingerprint density at radius 3 is 2.68 bits per heavy atom. The van der Waals surface area contributed by atoms with Gasteiger partial charge in [0, 0.05) is 5.75 Å². The molecule has 0 fully saturated rings. The van der Waals surface area contributed by atoms with E-state index in [0.29, 0.717) is 0 Å². The molecule has 0 saturated carbocycles. The molecule has 4 rings (SSSR count). The van der Waals surface area contributed by atoms with Gasteiger partial charge in [0.25, 0.3) is 0 Å². The van der Waals surface area contributed by atoms with Crippen molar-refractivity contribution in [3.05, 3.63) is 59.7 Å². The van der Waals surface area contributed by atoms with Crippen LogP contribution in [0.15, 0.2) is 48.5 Å². The molecule has 3 aromatic rings. The molecule has 0 bridgehead atoms. The average Bonchev–Trinajstić information content (AvgIpc) is 2.53. The molecule has 0 aliphatic heterocycles. The normalized spacial score (nSPS) is 19.2. The highest BCUT2D eigenvalue weighted by Crippen LogP contribution is 2.34. The lowest BCUT2D eigenvalue weighted by molar-refractivity contribution is 0.476. The molecular formula is C19H17O2S-. The predicted octanol–water partition coefficient (Wildman–Crippen LogP) is 3.98. The fourth-order valence-corrected chi connectivity index (χ4v) is 4.45. The first-order chi connectivity index (χ1) is 10.7. The third-order valence-corrected chi connectivity index (χ3v) is 5.56. The Bertz CT molecular complexity index is 885. The van der Waals surface area contributed by atoms with Gasteiger partial charge in [0.2, 0.25) is 0 Å². The molecule has 0 radical (unpaired) electrons. The summed E-state index contributed by atoms with van der Waals surface area (Å²) >= 11 is -1.94. The maximum Gasteiger partial charge on any atom is 0.0133 e. The van der Waals surface area contributed by atoms with Gasteiger partial charge in [-0.25, -0.2) is 0 Å². The second kappa shape index (κ2) is 5.49. The Morgan fingerprint density at radius 2 is 1.82 bits per heavy atom. The Balaban J connectivity index is 1.84. The van der Waals surface area contributed by atoms with E-state index in [1.54, 1.807) is 0 Å². The largest absolute Gasteiger partial charge is 0.772 e. The van der Waals surface area contributed by atoms with Crippen molar-refractivity contribution in [2.45, 2.75) is 19.3 Å². The van der Waals surface area contributed by atoms with Gasteiger partial charge in [-0.2, -0.15) is 0 Å². The molecule has 22 heavy (non-hydrogen) atoms. The topological polar surface area (TPSA) is 40.1 Å². The fraction of sp³-hybridized carbons (Fsp3) is 0.263. The van der Waals surface area contributed by atoms with Crippen molar-refractivity contribution in [3.8, 4) is 0 Å². The summed E-state index contributed by atoms with van der Waals surface area (Å²) in [5, 5.41) is 5.21. The molecule has 2 nitrogen and oxygen atoms in total. The molecule has 0 saturated heterocycles. The third kappa shape index (κ3) is 2.34. The minimum atomic E-state index is -1.94.